The molecule has 0 amide bonds. The third kappa shape index (κ3) is 6.90. The molecule has 2 saturated carbocycles. The van der Waals surface area contributed by atoms with E-state index in [-0.39, 0.29) is 23.9 Å². The number of rotatable bonds is 12. The summed E-state index contributed by atoms with van der Waals surface area (Å²) in [7, 11) is -1.17. The topological polar surface area (TPSA) is 84.3 Å². The standard InChI is InChI=1S/C26H42N4O3Si/c1-34(2,3)16-15-32-20-30-25(31)29(24(28-30)22-9-10-22)18-26(13-11-23(27)12-14-26)19-33-17-21-7-5-4-6-8-21/h4-8,22-23H,9-20,27H2,1-3H3. The number of hydrogen-bond acceptors (Lipinski definition) is 5. The third-order valence-corrected chi connectivity index (χ3v) is 8.91. The largest absolute Gasteiger partial charge is 0.376 e. The Kier molecular flexibility index (Phi) is 8.12. The Balaban J connectivity index is 1.47. The highest BCUT2D eigenvalue weighted by molar-refractivity contribution is 6.76. The lowest BCUT2D eigenvalue weighted by atomic mass is 9.73. The van der Waals surface area contributed by atoms with Crippen LogP contribution in [0.2, 0.25) is 25.7 Å². The van der Waals surface area contributed by atoms with Gasteiger partial charge in [-0.2, -0.15) is 9.78 Å². The average Bonchev–Trinajstić information content (AvgIpc) is 3.60. The maximum atomic E-state index is 13.4. The number of nitrogens with two attached hydrogens (primary N) is 1. The van der Waals surface area contributed by atoms with Gasteiger partial charge in [-0.3, -0.25) is 4.57 Å². The van der Waals surface area contributed by atoms with Crippen molar-refractivity contribution in [3.63, 3.8) is 0 Å². The second-order valence-corrected chi connectivity index (χ2v) is 17.3. The molecule has 0 radical (unpaired) electrons. The number of benzene rings is 1. The van der Waals surface area contributed by atoms with E-state index in [1.54, 1.807) is 0 Å². The van der Waals surface area contributed by atoms with Crippen LogP contribution in [-0.2, 0) is 29.4 Å². The molecule has 0 unspecified atom stereocenters. The minimum Gasteiger partial charge on any atom is -0.376 e. The summed E-state index contributed by atoms with van der Waals surface area (Å²) in [6.07, 6.45) is 6.09. The minimum absolute atomic E-state index is 0.0489. The summed E-state index contributed by atoms with van der Waals surface area (Å²) in [6, 6.07) is 11.6. The lowest BCUT2D eigenvalue weighted by molar-refractivity contribution is -0.00328. The van der Waals surface area contributed by atoms with Gasteiger partial charge < -0.3 is 15.2 Å². The second kappa shape index (κ2) is 10.9. The van der Waals surface area contributed by atoms with E-state index in [1.165, 1.54) is 10.2 Å². The quantitative estimate of drug-likeness (QED) is 0.356. The van der Waals surface area contributed by atoms with Crippen LogP contribution in [0.1, 0.15) is 55.8 Å². The molecule has 1 aromatic carbocycles. The molecule has 0 saturated heterocycles. The van der Waals surface area contributed by atoms with E-state index in [2.05, 4.69) is 31.8 Å². The van der Waals surface area contributed by atoms with E-state index in [4.69, 9.17) is 20.3 Å². The number of hydrogen-bond donors (Lipinski definition) is 1. The monoisotopic (exact) mass is 486 g/mol. The van der Waals surface area contributed by atoms with Crippen molar-refractivity contribution >= 4 is 8.07 Å². The third-order valence-electron chi connectivity index (χ3n) is 7.21. The van der Waals surface area contributed by atoms with E-state index in [0.29, 0.717) is 32.3 Å². The van der Waals surface area contributed by atoms with Gasteiger partial charge >= 0.3 is 5.69 Å². The summed E-state index contributed by atoms with van der Waals surface area (Å²) in [5.41, 5.74) is 7.28. The van der Waals surface area contributed by atoms with Crippen molar-refractivity contribution in [2.75, 3.05) is 13.2 Å². The van der Waals surface area contributed by atoms with Crippen molar-refractivity contribution in [2.45, 2.75) is 96.1 Å². The Morgan fingerprint density at radius 1 is 1.09 bits per heavy atom. The van der Waals surface area contributed by atoms with Crippen molar-refractivity contribution in [1.82, 2.24) is 14.3 Å². The van der Waals surface area contributed by atoms with Crippen LogP contribution < -0.4 is 11.4 Å². The van der Waals surface area contributed by atoms with Crippen LogP contribution in [0, 0.1) is 5.41 Å². The molecule has 0 atom stereocenters. The van der Waals surface area contributed by atoms with Gasteiger partial charge in [-0.1, -0.05) is 50.0 Å². The molecule has 2 aliphatic carbocycles. The molecule has 2 N–H and O–H groups in total. The van der Waals surface area contributed by atoms with E-state index in [0.717, 1.165) is 50.4 Å². The summed E-state index contributed by atoms with van der Waals surface area (Å²) in [5.74, 6) is 1.32. The molecule has 2 aromatic rings. The lowest BCUT2D eigenvalue weighted by Crippen LogP contribution is -2.42. The summed E-state index contributed by atoms with van der Waals surface area (Å²) < 4.78 is 15.6. The highest BCUT2D eigenvalue weighted by Crippen LogP contribution is 2.42. The van der Waals surface area contributed by atoms with Gasteiger partial charge in [0.05, 0.1) is 13.2 Å². The zero-order valence-electron chi connectivity index (χ0n) is 21.2. The number of ether oxygens (including phenoxy) is 2. The Morgan fingerprint density at radius 2 is 1.79 bits per heavy atom. The number of nitrogens with zero attached hydrogens (tertiary/aromatic N) is 3. The van der Waals surface area contributed by atoms with Crippen molar-refractivity contribution < 1.29 is 9.47 Å². The van der Waals surface area contributed by atoms with Gasteiger partial charge in [-0.05, 0) is 50.1 Å². The van der Waals surface area contributed by atoms with Crippen molar-refractivity contribution in [3.05, 3.63) is 52.2 Å². The van der Waals surface area contributed by atoms with E-state index in [1.807, 2.05) is 22.8 Å². The van der Waals surface area contributed by atoms with E-state index < -0.39 is 8.07 Å². The Hall–Kier alpha value is -1.74. The van der Waals surface area contributed by atoms with Gasteiger partial charge in [-0.25, -0.2) is 4.79 Å². The van der Waals surface area contributed by atoms with E-state index >= 15 is 0 Å². The zero-order valence-corrected chi connectivity index (χ0v) is 22.2. The molecule has 0 aliphatic heterocycles. The molecule has 0 bridgehead atoms. The highest BCUT2D eigenvalue weighted by atomic mass is 28.3. The van der Waals surface area contributed by atoms with Crippen molar-refractivity contribution in [3.8, 4) is 0 Å². The maximum Gasteiger partial charge on any atom is 0.348 e. The van der Waals surface area contributed by atoms with Gasteiger partial charge in [0, 0.05) is 38.6 Å². The first kappa shape index (κ1) is 25.4. The molecule has 2 fully saturated rings. The molecule has 7 nitrogen and oxygen atoms in total. The molecule has 34 heavy (non-hydrogen) atoms. The number of aromatic nitrogens is 3. The minimum atomic E-state index is -1.17. The fraction of sp³-hybridized carbons (Fsp3) is 0.692. The first-order chi connectivity index (χ1) is 16.2. The van der Waals surface area contributed by atoms with Crippen LogP contribution in [0.25, 0.3) is 0 Å². The van der Waals surface area contributed by atoms with Crippen LogP contribution in [-0.4, -0.2) is 41.7 Å². The zero-order chi connectivity index (χ0) is 24.2. The molecule has 8 heteroatoms. The molecular weight excluding hydrogens is 444 g/mol. The van der Waals surface area contributed by atoms with Gasteiger partial charge in [0.15, 0.2) is 0 Å². The lowest BCUT2D eigenvalue weighted by Gasteiger charge is -2.39. The Bertz CT molecular complexity index is 970. The van der Waals surface area contributed by atoms with Crippen molar-refractivity contribution in [1.29, 1.82) is 0 Å². The van der Waals surface area contributed by atoms with E-state index in [9.17, 15) is 4.79 Å². The Morgan fingerprint density at radius 3 is 2.44 bits per heavy atom. The molecule has 1 heterocycles. The van der Waals surface area contributed by atoms with Crippen LogP contribution in [0.15, 0.2) is 35.1 Å². The Labute approximate surface area is 204 Å². The van der Waals surface area contributed by atoms with Crippen LogP contribution in [0.5, 0.6) is 0 Å². The average molecular weight is 487 g/mol. The molecule has 188 valence electrons. The second-order valence-electron chi connectivity index (χ2n) is 11.7. The van der Waals surface area contributed by atoms with Gasteiger partial charge in [-0.15, -0.1) is 0 Å². The first-order valence-corrected chi connectivity index (χ1v) is 16.6. The SMILES string of the molecule is C[Si](C)(C)CCOCn1nc(C2CC2)n(CC2(COCc3ccccc3)CCC(N)CC2)c1=O. The fourth-order valence-corrected chi connectivity index (χ4v) is 5.52. The predicted molar refractivity (Wildman–Crippen MR) is 138 cm³/mol. The van der Waals surface area contributed by atoms with Crippen LogP contribution >= 0.6 is 0 Å². The van der Waals surface area contributed by atoms with Gasteiger partial charge in [0.2, 0.25) is 0 Å². The molecular formula is C26H42N4O3Si. The molecule has 4 rings (SSSR count). The van der Waals surface area contributed by atoms with Crippen LogP contribution in [0.4, 0.5) is 0 Å². The predicted octanol–water partition coefficient (Wildman–Crippen LogP) is 4.34. The molecule has 2 aliphatic rings. The summed E-state index contributed by atoms with van der Waals surface area (Å²) in [6.45, 7) is 9.77. The summed E-state index contributed by atoms with van der Waals surface area (Å²) in [4.78, 5) is 13.4. The van der Waals surface area contributed by atoms with Crippen LogP contribution in [0.3, 0.4) is 0 Å². The van der Waals surface area contributed by atoms with Crippen molar-refractivity contribution in [2.24, 2.45) is 11.1 Å². The highest BCUT2D eigenvalue weighted by Gasteiger charge is 2.39. The smallest absolute Gasteiger partial charge is 0.348 e. The molecule has 0 spiro atoms. The summed E-state index contributed by atoms with van der Waals surface area (Å²) in [5, 5.41) is 4.73. The fourth-order valence-electron chi connectivity index (χ4n) is 4.76. The van der Waals surface area contributed by atoms with Gasteiger partial charge in [0.1, 0.15) is 12.6 Å². The summed E-state index contributed by atoms with van der Waals surface area (Å²) >= 11 is 0. The normalized spacial score (nSPS) is 23.4. The van der Waals surface area contributed by atoms with Gasteiger partial charge in [0.25, 0.3) is 0 Å². The molecule has 1 aromatic heterocycles. The maximum absolute atomic E-state index is 13.4. The first-order valence-electron chi connectivity index (χ1n) is 12.9.